The summed E-state index contributed by atoms with van der Waals surface area (Å²) in [6, 6.07) is 6.13. The molecule has 108 valence electrons. The average Bonchev–Trinajstić information content (AvgIpc) is 2.24. The summed E-state index contributed by atoms with van der Waals surface area (Å²) in [7, 11) is -1.63. The Kier molecular flexibility index (Phi) is 4.35. The van der Waals surface area contributed by atoms with Crippen molar-refractivity contribution in [1.82, 2.24) is 0 Å². The van der Waals surface area contributed by atoms with Crippen molar-refractivity contribution < 1.29 is 8.42 Å². The van der Waals surface area contributed by atoms with E-state index < -0.39 is 10.0 Å². The molecule has 0 unspecified atom stereocenters. The summed E-state index contributed by atoms with van der Waals surface area (Å²) in [5, 5.41) is 0. The van der Waals surface area contributed by atoms with Gasteiger partial charge in [-0.3, -0.25) is 4.31 Å². The van der Waals surface area contributed by atoms with Crippen molar-refractivity contribution in [3.63, 3.8) is 0 Å². The van der Waals surface area contributed by atoms with Crippen molar-refractivity contribution >= 4 is 15.7 Å². The van der Waals surface area contributed by atoms with Crippen LogP contribution in [-0.2, 0) is 15.4 Å². The van der Waals surface area contributed by atoms with Gasteiger partial charge in [0.2, 0.25) is 10.0 Å². The van der Waals surface area contributed by atoms with Crippen molar-refractivity contribution in [3.05, 3.63) is 29.3 Å². The summed E-state index contributed by atoms with van der Waals surface area (Å²) >= 11 is 0. The van der Waals surface area contributed by atoms with Gasteiger partial charge in [-0.2, -0.15) is 0 Å². The van der Waals surface area contributed by atoms with E-state index in [9.17, 15) is 8.42 Å². The first kappa shape index (κ1) is 16.0. The van der Waals surface area contributed by atoms with E-state index in [-0.39, 0.29) is 5.41 Å². The monoisotopic (exact) mass is 283 g/mol. The van der Waals surface area contributed by atoms with Gasteiger partial charge in [0, 0.05) is 7.05 Å². The minimum Gasteiger partial charge on any atom is -0.273 e. The van der Waals surface area contributed by atoms with Gasteiger partial charge >= 0.3 is 0 Å². The molecule has 0 heterocycles. The minimum atomic E-state index is -3.25. The van der Waals surface area contributed by atoms with Gasteiger partial charge in [0.25, 0.3) is 0 Å². The highest BCUT2D eigenvalue weighted by Gasteiger charge is 2.24. The molecule has 1 rings (SSSR count). The van der Waals surface area contributed by atoms with Gasteiger partial charge < -0.3 is 0 Å². The molecular weight excluding hydrogens is 258 g/mol. The standard InChI is InChI=1S/C15H25NO2S/c1-11(2)12-8-9-13(15(3,4)5)14(10-12)16(6)19(7,17)18/h8-11H,1-7H3. The van der Waals surface area contributed by atoms with Crippen molar-refractivity contribution in [1.29, 1.82) is 0 Å². The fourth-order valence-electron chi connectivity index (χ4n) is 1.98. The molecule has 0 spiro atoms. The van der Waals surface area contributed by atoms with E-state index in [2.05, 4.69) is 40.7 Å². The van der Waals surface area contributed by atoms with Gasteiger partial charge in [-0.05, 0) is 28.5 Å². The molecule has 0 bridgehead atoms. The molecule has 0 atom stereocenters. The number of hydrogen-bond donors (Lipinski definition) is 0. The van der Waals surface area contributed by atoms with Crippen LogP contribution in [0.3, 0.4) is 0 Å². The Balaban J connectivity index is 3.52. The maximum absolute atomic E-state index is 11.8. The Bertz CT molecular complexity index is 554. The van der Waals surface area contributed by atoms with E-state index >= 15 is 0 Å². The molecular formula is C15H25NO2S. The molecule has 0 saturated carbocycles. The van der Waals surface area contributed by atoms with Crippen LogP contribution in [0.25, 0.3) is 0 Å². The molecule has 0 aromatic heterocycles. The fraction of sp³-hybridized carbons (Fsp3) is 0.600. The smallest absolute Gasteiger partial charge is 0.232 e. The summed E-state index contributed by atoms with van der Waals surface area (Å²) < 4.78 is 25.0. The van der Waals surface area contributed by atoms with Crippen LogP contribution in [0.1, 0.15) is 51.7 Å². The molecule has 1 aromatic rings. The van der Waals surface area contributed by atoms with Crippen molar-refractivity contribution in [2.75, 3.05) is 17.6 Å². The van der Waals surface area contributed by atoms with Crippen molar-refractivity contribution in [2.24, 2.45) is 0 Å². The number of rotatable bonds is 3. The predicted octanol–water partition coefficient (Wildman–Crippen LogP) is 3.50. The topological polar surface area (TPSA) is 37.4 Å². The Morgan fingerprint density at radius 3 is 2.05 bits per heavy atom. The van der Waals surface area contributed by atoms with E-state index in [1.54, 1.807) is 7.05 Å². The Morgan fingerprint density at radius 1 is 1.16 bits per heavy atom. The molecule has 0 aliphatic rings. The molecule has 3 nitrogen and oxygen atoms in total. The first-order valence-electron chi connectivity index (χ1n) is 6.53. The number of hydrogen-bond acceptors (Lipinski definition) is 2. The third-order valence-electron chi connectivity index (χ3n) is 3.33. The number of anilines is 1. The SMILES string of the molecule is CC(C)c1ccc(C(C)(C)C)c(N(C)S(C)(=O)=O)c1. The summed E-state index contributed by atoms with van der Waals surface area (Å²) in [5.41, 5.74) is 2.88. The minimum absolute atomic E-state index is 0.0935. The summed E-state index contributed by atoms with van der Waals surface area (Å²) in [4.78, 5) is 0. The second-order valence-corrected chi connectivity index (χ2v) is 8.43. The van der Waals surface area contributed by atoms with Crippen molar-refractivity contribution in [3.8, 4) is 0 Å². The normalized spacial score (nSPS) is 12.8. The first-order chi connectivity index (χ1) is 8.44. The van der Waals surface area contributed by atoms with Crippen LogP contribution in [0, 0.1) is 0 Å². The van der Waals surface area contributed by atoms with E-state index in [0.29, 0.717) is 5.92 Å². The zero-order valence-electron chi connectivity index (χ0n) is 13.0. The molecule has 0 saturated heterocycles. The lowest BCUT2D eigenvalue weighted by atomic mass is 9.84. The third kappa shape index (κ3) is 3.72. The number of sulfonamides is 1. The molecule has 0 N–H and O–H groups in total. The Labute approximate surface area is 117 Å². The molecule has 0 amide bonds. The first-order valence-corrected chi connectivity index (χ1v) is 8.37. The summed E-state index contributed by atoms with van der Waals surface area (Å²) in [5.74, 6) is 0.376. The highest BCUT2D eigenvalue weighted by atomic mass is 32.2. The van der Waals surface area contributed by atoms with Crippen LogP contribution in [0.2, 0.25) is 0 Å². The van der Waals surface area contributed by atoms with E-state index in [4.69, 9.17) is 0 Å². The second-order valence-electron chi connectivity index (χ2n) is 6.41. The third-order valence-corrected chi connectivity index (χ3v) is 4.52. The average molecular weight is 283 g/mol. The van der Waals surface area contributed by atoms with Crippen LogP contribution in [0.15, 0.2) is 18.2 Å². The van der Waals surface area contributed by atoms with Crippen LogP contribution in [0.5, 0.6) is 0 Å². The maximum atomic E-state index is 11.8. The zero-order valence-corrected chi connectivity index (χ0v) is 13.8. The highest BCUT2D eigenvalue weighted by molar-refractivity contribution is 7.92. The van der Waals surface area contributed by atoms with Gasteiger partial charge in [0.1, 0.15) is 0 Å². The predicted molar refractivity (Wildman–Crippen MR) is 82.5 cm³/mol. The quantitative estimate of drug-likeness (QED) is 0.851. The molecule has 0 aliphatic carbocycles. The van der Waals surface area contributed by atoms with Crippen molar-refractivity contribution in [2.45, 2.75) is 46.0 Å². The van der Waals surface area contributed by atoms with E-state index in [1.807, 2.05) is 12.1 Å². The fourth-order valence-corrected chi connectivity index (χ4v) is 2.49. The van der Waals surface area contributed by atoms with E-state index in [0.717, 1.165) is 16.8 Å². The van der Waals surface area contributed by atoms with Gasteiger partial charge in [-0.1, -0.05) is 46.8 Å². The molecule has 1 aromatic carbocycles. The van der Waals surface area contributed by atoms with Crippen LogP contribution in [-0.4, -0.2) is 21.7 Å². The van der Waals surface area contributed by atoms with Gasteiger partial charge in [-0.25, -0.2) is 8.42 Å². The number of benzene rings is 1. The molecule has 0 aliphatic heterocycles. The van der Waals surface area contributed by atoms with Crippen LogP contribution in [0.4, 0.5) is 5.69 Å². The van der Waals surface area contributed by atoms with Crippen LogP contribution >= 0.6 is 0 Å². The number of nitrogens with zero attached hydrogens (tertiary/aromatic N) is 1. The lowest BCUT2D eigenvalue weighted by Crippen LogP contribution is -2.28. The molecule has 19 heavy (non-hydrogen) atoms. The Morgan fingerprint density at radius 2 is 1.68 bits per heavy atom. The second kappa shape index (κ2) is 5.16. The summed E-state index contributed by atoms with van der Waals surface area (Å²) in [6.45, 7) is 10.5. The molecule has 0 radical (unpaired) electrons. The maximum Gasteiger partial charge on any atom is 0.232 e. The lowest BCUT2D eigenvalue weighted by Gasteiger charge is -2.28. The largest absolute Gasteiger partial charge is 0.273 e. The molecule has 0 fully saturated rings. The van der Waals surface area contributed by atoms with Gasteiger partial charge in [0.05, 0.1) is 11.9 Å². The Hall–Kier alpha value is -1.03. The van der Waals surface area contributed by atoms with Gasteiger partial charge in [0.15, 0.2) is 0 Å². The molecule has 4 heteroatoms. The van der Waals surface area contributed by atoms with Gasteiger partial charge in [-0.15, -0.1) is 0 Å². The van der Waals surface area contributed by atoms with E-state index in [1.165, 1.54) is 10.6 Å². The van der Waals surface area contributed by atoms with Crippen LogP contribution < -0.4 is 4.31 Å². The highest BCUT2D eigenvalue weighted by Crippen LogP contribution is 2.34. The zero-order chi connectivity index (χ0) is 15.0. The lowest BCUT2D eigenvalue weighted by molar-refractivity contribution is 0.586. The summed E-state index contributed by atoms with van der Waals surface area (Å²) in [6.07, 6.45) is 1.24.